The SMILES string of the molecule is COc1cccc2c1OC[C@H](C(=O)NCCN1CCCc3ccccc31)C2. The second-order valence-corrected chi connectivity index (χ2v) is 7.17. The predicted molar refractivity (Wildman–Crippen MR) is 106 cm³/mol. The van der Waals surface area contributed by atoms with Gasteiger partial charge in [0.1, 0.15) is 6.61 Å². The largest absolute Gasteiger partial charge is 0.493 e. The fourth-order valence-electron chi connectivity index (χ4n) is 4.03. The molecule has 0 saturated heterocycles. The monoisotopic (exact) mass is 366 g/mol. The summed E-state index contributed by atoms with van der Waals surface area (Å²) in [5.41, 5.74) is 3.74. The van der Waals surface area contributed by atoms with Crippen molar-refractivity contribution in [3.05, 3.63) is 53.6 Å². The number of para-hydroxylation sites is 2. The first kappa shape index (κ1) is 17.7. The molecule has 0 radical (unpaired) electrons. The molecule has 2 aliphatic heterocycles. The third kappa shape index (κ3) is 3.72. The van der Waals surface area contributed by atoms with Crippen molar-refractivity contribution < 1.29 is 14.3 Å². The Hall–Kier alpha value is -2.69. The van der Waals surface area contributed by atoms with Crippen LogP contribution in [-0.4, -0.2) is 39.3 Å². The summed E-state index contributed by atoms with van der Waals surface area (Å²) >= 11 is 0. The first-order valence-corrected chi connectivity index (χ1v) is 9.65. The predicted octanol–water partition coefficient (Wildman–Crippen LogP) is 2.82. The summed E-state index contributed by atoms with van der Waals surface area (Å²) in [5.74, 6) is 1.41. The number of nitrogens with zero attached hydrogens (tertiary/aromatic N) is 1. The van der Waals surface area contributed by atoms with Crippen LogP contribution in [0.2, 0.25) is 0 Å². The van der Waals surface area contributed by atoms with Gasteiger partial charge in [-0.15, -0.1) is 0 Å². The fourth-order valence-corrected chi connectivity index (χ4v) is 4.03. The van der Waals surface area contributed by atoms with Crippen LogP contribution in [0, 0.1) is 5.92 Å². The van der Waals surface area contributed by atoms with Crippen molar-refractivity contribution >= 4 is 11.6 Å². The highest BCUT2D eigenvalue weighted by atomic mass is 16.5. The maximum absolute atomic E-state index is 12.6. The Labute approximate surface area is 160 Å². The number of hydrogen-bond donors (Lipinski definition) is 1. The summed E-state index contributed by atoms with van der Waals surface area (Å²) in [4.78, 5) is 15.0. The summed E-state index contributed by atoms with van der Waals surface area (Å²) < 4.78 is 11.2. The van der Waals surface area contributed by atoms with Gasteiger partial charge in [-0.2, -0.15) is 0 Å². The van der Waals surface area contributed by atoms with Gasteiger partial charge < -0.3 is 19.7 Å². The molecule has 2 heterocycles. The molecule has 1 atom stereocenters. The molecule has 27 heavy (non-hydrogen) atoms. The highest BCUT2D eigenvalue weighted by molar-refractivity contribution is 5.79. The maximum Gasteiger partial charge on any atom is 0.226 e. The molecule has 1 N–H and O–H groups in total. The van der Waals surface area contributed by atoms with Gasteiger partial charge in [0.05, 0.1) is 13.0 Å². The van der Waals surface area contributed by atoms with Crippen LogP contribution >= 0.6 is 0 Å². The number of methoxy groups -OCH3 is 1. The lowest BCUT2D eigenvalue weighted by Gasteiger charge is -2.31. The van der Waals surface area contributed by atoms with Gasteiger partial charge in [-0.3, -0.25) is 4.79 Å². The molecule has 5 nitrogen and oxygen atoms in total. The van der Waals surface area contributed by atoms with Gasteiger partial charge in [-0.25, -0.2) is 0 Å². The zero-order valence-corrected chi connectivity index (χ0v) is 15.7. The minimum absolute atomic E-state index is 0.0637. The second-order valence-electron chi connectivity index (χ2n) is 7.17. The Balaban J connectivity index is 1.32. The molecule has 2 aliphatic rings. The van der Waals surface area contributed by atoms with Crippen LogP contribution in [0.25, 0.3) is 0 Å². The van der Waals surface area contributed by atoms with E-state index < -0.39 is 0 Å². The van der Waals surface area contributed by atoms with Crippen molar-refractivity contribution in [1.82, 2.24) is 5.32 Å². The zero-order chi connectivity index (χ0) is 18.6. The van der Waals surface area contributed by atoms with E-state index in [2.05, 4.69) is 34.5 Å². The Morgan fingerprint density at radius 2 is 2.07 bits per heavy atom. The number of ether oxygens (including phenoxy) is 2. The molecule has 0 bridgehead atoms. The van der Waals surface area contributed by atoms with E-state index in [0.29, 0.717) is 19.6 Å². The van der Waals surface area contributed by atoms with Gasteiger partial charge >= 0.3 is 0 Å². The van der Waals surface area contributed by atoms with Crippen LogP contribution in [-0.2, 0) is 17.6 Å². The molecule has 0 spiro atoms. The minimum atomic E-state index is -0.154. The van der Waals surface area contributed by atoms with E-state index in [1.165, 1.54) is 17.7 Å². The number of aryl methyl sites for hydroxylation is 1. The van der Waals surface area contributed by atoms with Gasteiger partial charge in [0, 0.05) is 25.3 Å². The Kier molecular flexibility index (Phi) is 5.19. The molecule has 142 valence electrons. The average molecular weight is 366 g/mol. The van der Waals surface area contributed by atoms with Gasteiger partial charge in [0.15, 0.2) is 11.5 Å². The smallest absolute Gasteiger partial charge is 0.226 e. The summed E-state index contributed by atoms with van der Waals surface area (Å²) in [6.07, 6.45) is 2.99. The molecule has 0 aromatic heterocycles. The molecule has 5 heteroatoms. The third-order valence-electron chi connectivity index (χ3n) is 5.43. The number of carbonyl (C=O) groups is 1. The molecule has 2 aromatic carbocycles. The standard InChI is InChI=1S/C22H26N2O3/c1-26-20-10-4-7-17-14-18(15-27-21(17)20)22(25)23-11-13-24-12-5-8-16-6-2-3-9-19(16)24/h2-4,6-7,9-10,18H,5,8,11-15H2,1H3,(H,23,25)/t18-/m1/s1. The number of rotatable bonds is 5. The van der Waals surface area contributed by atoms with Crippen LogP contribution in [0.1, 0.15) is 17.5 Å². The van der Waals surface area contributed by atoms with Crippen molar-refractivity contribution in [2.24, 2.45) is 5.92 Å². The third-order valence-corrected chi connectivity index (χ3v) is 5.43. The Bertz CT molecular complexity index is 821. The van der Waals surface area contributed by atoms with E-state index in [1.54, 1.807) is 7.11 Å². The lowest BCUT2D eigenvalue weighted by Crippen LogP contribution is -2.42. The zero-order valence-electron chi connectivity index (χ0n) is 15.7. The molecule has 0 aliphatic carbocycles. The Morgan fingerprint density at radius 3 is 2.96 bits per heavy atom. The fraction of sp³-hybridized carbons (Fsp3) is 0.409. The van der Waals surface area contributed by atoms with Gasteiger partial charge in [-0.1, -0.05) is 30.3 Å². The van der Waals surface area contributed by atoms with Crippen LogP contribution in [0.15, 0.2) is 42.5 Å². The number of hydrogen-bond acceptors (Lipinski definition) is 4. The summed E-state index contributed by atoms with van der Waals surface area (Å²) in [5, 5.41) is 3.10. The lowest BCUT2D eigenvalue weighted by atomic mass is 9.95. The van der Waals surface area contributed by atoms with Crippen LogP contribution < -0.4 is 19.7 Å². The van der Waals surface area contributed by atoms with E-state index in [4.69, 9.17) is 9.47 Å². The Morgan fingerprint density at radius 1 is 1.22 bits per heavy atom. The minimum Gasteiger partial charge on any atom is -0.493 e. The van der Waals surface area contributed by atoms with Crippen LogP contribution in [0.3, 0.4) is 0 Å². The van der Waals surface area contributed by atoms with E-state index in [-0.39, 0.29) is 11.8 Å². The normalized spacial score (nSPS) is 18.1. The number of amides is 1. The first-order chi connectivity index (χ1) is 13.3. The molecular weight excluding hydrogens is 340 g/mol. The van der Waals surface area contributed by atoms with Gasteiger partial charge in [0.25, 0.3) is 0 Å². The molecule has 1 amide bonds. The van der Waals surface area contributed by atoms with Crippen molar-refractivity contribution in [2.45, 2.75) is 19.3 Å². The van der Waals surface area contributed by atoms with Gasteiger partial charge in [-0.05, 0) is 42.5 Å². The van der Waals surface area contributed by atoms with Crippen molar-refractivity contribution in [1.29, 1.82) is 0 Å². The highest BCUT2D eigenvalue weighted by Gasteiger charge is 2.27. The first-order valence-electron chi connectivity index (χ1n) is 9.65. The van der Waals surface area contributed by atoms with Crippen LogP contribution in [0.4, 0.5) is 5.69 Å². The topological polar surface area (TPSA) is 50.8 Å². The summed E-state index contributed by atoms with van der Waals surface area (Å²) in [7, 11) is 1.64. The van der Waals surface area contributed by atoms with E-state index in [1.807, 2.05) is 18.2 Å². The number of anilines is 1. The number of fused-ring (bicyclic) bond motifs is 2. The van der Waals surface area contributed by atoms with Gasteiger partial charge in [0.2, 0.25) is 5.91 Å². The van der Waals surface area contributed by atoms with E-state index >= 15 is 0 Å². The van der Waals surface area contributed by atoms with E-state index in [9.17, 15) is 4.79 Å². The number of benzene rings is 2. The average Bonchev–Trinajstić information content (AvgIpc) is 2.73. The molecule has 2 aromatic rings. The number of nitrogens with one attached hydrogen (secondary N) is 1. The van der Waals surface area contributed by atoms with E-state index in [0.717, 1.165) is 36.6 Å². The number of carbonyl (C=O) groups excluding carboxylic acids is 1. The maximum atomic E-state index is 12.6. The second kappa shape index (κ2) is 7.91. The summed E-state index contributed by atoms with van der Waals surface area (Å²) in [6, 6.07) is 14.4. The van der Waals surface area contributed by atoms with Crippen molar-refractivity contribution in [2.75, 3.05) is 38.3 Å². The lowest BCUT2D eigenvalue weighted by molar-refractivity contribution is -0.126. The summed E-state index contributed by atoms with van der Waals surface area (Å²) in [6.45, 7) is 2.92. The molecule has 0 fully saturated rings. The van der Waals surface area contributed by atoms with Crippen molar-refractivity contribution in [3.63, 3.8) is 0 Å². The highest BCUT2D eigenvalue weighted by Crippen LogP contribution is 2.36. The van der Waals surface area contributed by atoms with Crippen LogP contribution in [0.5, 0.6) is 11.5 Å². The van der Waals surface area contributed by atoms with Crippen molar-refractivity contribution in [3.8, 4) is 11.5 Å². The molecule has 0 saturated carbocycles. The molecule has 0 unspecified atom stereocenters. The molecular formula is C22H26N2O3. The quantitative estimate of drug-likeness (QED) is 0.884. The molecule has 4 rings (SSSR count).